The average Bonchev–Trinajstić information content (AvgIpc) is 2.65. The number of hydrogen-bond acceptors (Lipinski definition) is 5. The predicted octanol–water partition coefficient (Wildman–Crippen LogP) is 4.32. The average molecular weight is 389 g/mol. The monoisotopic (exact) mass is 389 g/mol. The quantitative estimate of drug-likeness (QED) is 0.746. The van der Waals surface area contributed by atoms with Gasteiger partial charge in [0.15, 0.2) is 6.61 Å². The highest BCUT2D eigenvalue weighted by atomic mass is 32.2. The molecule has 2 aromatic carbocycles. The Morgan fingerprint density at radius 1 is 1.26 bits per heavy atom. The highest BCUT2D eigenvalue weighted by molar-refractivity contribution is 7.99. The minimum absolute atomic E-state index is 0.0993. The summed E-state index contributed by atoms with van der Waals surface area (Å²) in [6.45, 7) is 4.51. The normalized spacial score (nSPS) is 15.9. The van der Waals surface area contributed by atoms with Crippen LogP contribution in [-0.4, -0.2) is 25.4 Å². The van der Waals surface area contributed by atoms with Gasteiger partial charge in [-0.05, 0) is 66.5 Å². The molecule has 0 aromatic heterocycles. The van der Waals surface area contributed by atoms with Gasteiger partial charge in [0.1, 0.15) is 11.6 Å². The van der Waals surface area contributed by atoms with Gasteiger partial charge in [-0.2, -0.15) is 0 Å². The Bertz CT molecular complexity index is 817. The topological polar surface area (TPSA) is 47.6 Å². The summed E-state index contributed by atoms with van der Waals surface area (Å²) in [5.74, 6) is 1.14. The second-order valence-electron chi connectivity index (χ2n) is 6.68. The molecule has 0 saturated carbocycles. The summed E-state index contributed by atoms with van der Waals surface area (Å²) in [6.07, 6.45) is 0.972. The summed E-state index contributed by atoms with van der Waals surface area (Å²) in [5.41, 5.74) is 4.12. The number of methoxy groups -OCH3 is 1. The number of esters is 1. The third-order valence-corrected chi connectivity index (χ3v) is 5.77. The lowest BCUT2D eigenvalue weighted by Gasteiger charge is -2.26. The first-order valence-electron chi connectivity index (χ1n) is 8.93. The maximum atomic E-state index is 13.7. The van der Waals surface area contributed by atoms with Gasteiger partial charge in [-0.15, -0.1) is 11.8 Å². The van der Waals surface area contributed by atoms with E-state index in [1.807, 2.05) is 19.9 Å². The number of fused-ring (bicyclic) bond motifs is 1. The van der Waals surface area contributed by atoms with Gasteiger partial charge >= 0.3 is 5.97 Å². The molecule has 1 aliphatic rings. The summed E-state index contributed by atoms with van der Waals surface area (Å²) in [4.78, 5) is 12.4. The van der Waals surface area contributed by atoms with Crippen LogP contribution < -0.4 is 10.1 Å². The molecule has 0 fully saturated rings. The van der Waals surface area contributed by atoms with E-state index < -0.39 is 5.97 Å². The number of nitrogens with one attached hydrogen (secondary N) is 1. The second kappa shape index (κ2) is 8.76. The van der Waals surface area contributed by atoms with Crippen molar-refractivity contribution in [3.63, 3.8) is 0 Å². The van der Waals surface area contributed by atoms with Crippen molar-refractivity contribution in [3.05, 3.63) is 58.4 Å². The van der Waals surface area contributed by atoms with E-state index >= 15 is 0 Å². The number of thioether (sulfide) groups is 1. The molecular formula is C21H24FNO3S. The molecule has 1 aliphatic heterocycles. The third kappa shape index (κ3) is 4.82. The first-order chi connectivity index (χ1) is 13.0. The molecule has 27 heavy (non-hydrogen) atoms. The van der Waals surface area contributed by atoms with E-state index in [4.69, 9.17) is 4.74 Å². The molecule has 0 aliphatic carbocycles. The van der Waals surface area contributed by atoms with E-state index in [1.54, 1.807) is 17.8 Å². The van der Waals surface area contributed by atoms with E-state index in [-0.39, 0.29) is 18.5 Å². The van der Waals surface area contributed by atoms with Crippen molar-refractivity contribution < 1.29 is 18.7 Å². The van der Waals surface area contributed by atoms with Crippen LogP contribution in [-0.2, 0) is 16.1 Å². The van der Waals surface area contributed by atoms with Crippen LogP contribution in [0.5, 0.6) is 5.75 Å². The van der Waals surface area contributed by atoms with Gasteiger partial charge in [-0.25, -0.2) is 9.18 Å². The Morgan fingerprint density at radius 3 is 2.70 bits per heavy atom. The van der Waals surface area contributed by atoms with E-state index in [0.29, 0.717) is 12.3 Å². The summed E-state index contributed by atoms with van der Waals surface area (Å²) in [6, 6.07) is 9.28. The van der Waals surface area contributed by atoms with E-state index in [2.05, 4.69) is 22.2 Å². The number of rotatable bonds is 6. The van der Waals surface area contributed by atoms with Gasteiger partial charge in [0, 0.05) is 17.5 Å². The first-order valence-corrected chi connectivity index (χ1v) is 9.92. The van der Waals surface area contributed by atoms with Crippen LogP contribution in [0.25, 0.3) is 0 Å². The fraction of sp³-hybridized carbons (Fsp3) is 0.381. The summed E-state index contributed by atoms with van der Waals surface area (Å²) < 4.78 is 23.9. The van der Waals surface area contributed by atoms with Crippen LogP contribution in [0.4, 0.5) is 4.39 Å². The number of hydrogen-bond donors (Lipinski definition) is 1. The first kappa shape index (κ1) is 19.7. The molecule has 0 amide bonds. The second-order valence-corrected chi connectivity index (χ2v) is 7.81. The Balaban J connectivity index is 1.69. The van der Waals surface area contributed by atoms with Crippen molar-refractivity contribution in [2.45, 2.75) is 37.8 Å². The number of aryl methyl sites for hydroxylation is 2. The summed E-state index contributed by atoms with van der Waals surface area (Å²) in [7, 11) is 1.34. The van der Waals surface area contributed by atoms with Crippen LogP contribution in [0, 0.1) is 19.7 Å². The van der Waals surface area contributed by atoms with Crippen molar-refractivity contribution in [1.29, 1.82) is 0 Å². The molecule has 2 aromatic rings. The van der Waals surface area contributed by atoms with Gasteiger partial charge in [-0.1, -0.05) is 12.1 Å². The maximum absolute atomic E-state index is 13.7. The highest BCUT2D eigenvalue weighted by Gasteiger charge is 2.21. The molecule has 4 nitrogen and oxygen atoms in total. The lowest BCUT2D eigenvalue weighted by Crippen LogP contribution is -2.24. The van der Waals surface area contributed by atoms with Crippen molar-refractivity contribution in [2.75, 3.05) is 19.5 Å². The largest absolute Gasteiger partial charge is 0.481 e. The van der Waals surface area contributed by atoms with Gasteiger partial charge in [0.2, 0.25) is 0 Å². The third-order valence-electron chi connectivity index (χ3n) is 4.65. The Labute approximate surface area is 163 Å². The minimum Gasteiger partial charge on any atom is -0.481 e. The van der Waals surface area contributed by atoms with E-state index in [0.717, 1.165) is 39.3 Å². The standard InChI is InChI=1S/C21H24FNO3S/c1-13-8-15(9-14(2)21(13)26-12-20(24)25-3)11-23-18-6-7-27-19-5-4-16(22)10-17(18)19/h4-5,8-10,18,23H,6-7,11-12H2,1-3H3. The molecule has 1 atom stereocenters. The number of ether oxygens (including phenoxy) is 2. The molecule has 0 bridgehead atoms. The molecule has 0 spiro atoms. The van der Waals surface area contributed by atoms with E-state index in [1.165, 1.54) is 13.2 Å². The molecule has 1 heterocycles. The van der Waals surface area contributed by atoms with Crippen LogP contribution in [0.15, 0.2) is 35.2 Å². The summed E-state index contributed by atoms with van der Waals surface area (Å²) >= 11 is 1.78. The maximum Gasteiger partial charge on any atom is 0.343 e. The Hall–Kier alpha value is -2.05. The minimum atomic E-state index is -0.402. The van der Waals surface area contributed by atoms with Gasteiger partial charge in [0.05, 0.1) is 7.11 Å². The molecular weight excluding hydrogens is 365 g/mol. The molecule has 1 unspecified atom stereocenters. The molecule has 0 saturated heterocycles. The molecule has 144 valence electrons. The lowest BCUT2D eigenvalue weighted by atomic mass is 10.0. The Morgan fingerprint density at radius 2 is 2.00 bits per heavy atom. The zero-order chi connectivity index (χ0) is 19.4. The molecule has 0 radical (unpaired) electrons. The number of carbonyl (C=O) groups is 1. The Kier molecular flexibility index (Phi) is 6.39. The summed E-state index contributed by atoms with van der Waals surface area (Å²) in [5, 5.41) is 3.56. The number of carbonyl (C=O) groups excluding carboxylic acids is 1. The van der Waals surface area contributed by atoms with Crippen LogP contribution in [0.3, 0.4) is 0 Å². The van der Waals surface area contributed by atoms with Gasteiger partial charge in [-0.3, -0.25) is 0 Å². The lowest BCUT2D eigenvalue weighted by molar-refractivity contribution is -0.142. The van der Waals surface area contributed by atoms with Crippen molar-refractivity contribution in [2.24, 2.45) is 0 Å². The SMILES string of the molecule is COC(=O)COc1c(C)cc(CNC2CCSc3ccc(F)cc32)cc1C. The zero-order valence-corrected chi connectivity index (χ0v) is 16.6. The van der Waals surface area contributed by atoms with Gasteiger partial charge < -0.3 is 14.8 Å². The molecule has 3 rings (SSSR count). The van der Waals surface area contributed by atoms with Gasteiger partial charge in [0.25, 0.3) is 0 Å². The molecule has 6 heteroatoms. The van der Waals surface area contributed by atoms with E-state index in [9.17, 15) is 9.18 Å². The zero-order valence-electron chi connectivity index (χ0n) is 15.8. The van der Waals surface area contributed by atoms with Crippen LogP contribution in [0.1, 0.15) is 34.7 Å². The molecule has 1 N–H and O–H groups in total. The smallest absolute Gasteiger partial charge is 0.343 e. The number of benzene rings is 2. The van der Waals surface area contributed by atoms with Crippen LogP contribution in [0.2, 0.25) is 0 Å². The van der Waals surface area contributed by atoms with Crippen molar-refractivity contribution in [1.82, 2.24) is 5.32 Å². The highest BCUT2D eigenvalue weighted by Crippen LogP contribution is 2.36. The predicted molar refractivity (Wildman–Crippen MR) is 105 cm³/mol. The van der Waals surface area contributed by atoms with Crippen molar-refractivity contribution >= 4 is 17.7 Å². The fourth-order valence-electron chi connectivity index (χ4n) is 3.38. The van der Waals surface area contributed by atoms with Crippen LogP contribution >= 0.6 is 11.8 Å². The van der Waals surface area contributed by atoms with Crippen molar-refractivity contribution in [3.8, 4) is 5.75 Å². The number of halogens is 1. The fourth-order valence-corrected chi connectivity index (χ4v) is 4.48.